The van der Waals surface area contributed by atoms with Gasteiger partial charge in [0.05, 0.1) is 31.2 Å². The summed E-state index contributed by atoms with van der Waals surface area (Å²) in [5.41, 5.74) is 3.09. The number of benzene rings is 3. The van der Waals surface area contributed by atoms with Crippen LogP contribution in [-0.4, -0.2) is 83.1 Å². The van der Waals surface area contributed by atoms with E-state index in [1.54, 1.807) is 31.0 Å². The fourth-order valence-corrected chi connectivity index (χ4v) is 5.09. The summed E-state index contributed by atoms with van der Waals surface area (Å²) in [6, 6.07) is 22.3. The van der Waals surface area contributed by atoms with E-state index in [1.807, 2.05) is 65.6 Å². The maximum Gasteiger partial charge on any atom is 0.257 e. The average Bonchev–Trinajstić information content (AvgIpc) is 3.49. The molecule has 1 N–H and O–H groups in total. The van der Waals surface area contributed by atoms with Gasteiger partial charge in [0.1, 0.15) is 11.5 Å². The third-order valence-electron chi connectivity index (χ3n) is 6.51. The Bertz CT molecular complexity index is 1450. The highest BCUT2D eigenvalue weighted by atomic mass is 32.2. The van der Waals surface area contributed by atoms with Gasteiger partial charge in [-0.3, -0.25) is 9.59 Å². The van der Waals surface area contributed by atoms with Crippen LogP contribution in [0.1, 0.15) is 10.4 Å². The number of carbonyl (C=O) groups excluding carboxylic acids is 2. The second kappa shape index (κ2) is 12.5. The molecule has 12 heteroatoms. The number of nitrogens with one attached hydrogen (secondary N) is 1. The highest BCUT2D eigenvalue weighted by Gasteiger charge is 2.24. The second-order valence-electron chi connectivity index (χ2n) is 8.93. The minimum Gasteiger partial charge on any atom is -0.497 e. The highest BCUT2D eigenvalue weighted by Crippen LogP contribution is 2.24. The second-order valence-corrected chi connectivity index (χ2v) is 9.88. The molecule has 11 nitrogen and oxygen atoms in total. The zero-order chi connectivity index (χ0) is 27.9. The van der Waals surface area contributed by atoms with Gasteiger partial charge in [-0.05, 0) is 71.1 Å². The van der Waals surface area contributed by atoms with Crippen molar-refractivity contribution in [3.63, 3.8) is 0 Å². The number of piperazine rings is 1. The van der Waals surface area contributed by atoms with E-state index in [0.717, 1.165) is 17.1 Å². The van der Waals surface area contributed by atoms with Crippen molar-refractivity contribution in [2.24, 2.45) is 0 Å². The Kier molecular flexibility index (Phi) is 8.45. The molecule has 206 valence electrons. The van der Waals surface area contributed by atoms with Gasteiger partial charge in [0.2, 0.25) is 11.1 Å². The van der Waals surface area contributed by atoms with E-state index in [-0.39, 0.29) is 17.6 Å². The molecule has 1 aliphatic rings. The first-order valence-corrected chi connectivity index (χ1v) is 13.7. The number of rotatable bonds is 9. The number of para-hydroxylation sites is 1. The molecule has 1 saturated heterocycles. The summed E-state index contributed by atoms with van der Waals surface area (Å²) < 4.78 is 12.1. The van der Waals surface area contributed by atoms with Crippen LogP contribution in [0.25, 0.3) is 5.69 Å². The van der Waals surface area contributed by atoms with Crippen LogP contribution in [-0.2, 0) is 4.79 Å². The van der Waals surface area contributed by atoms with E-state index in [0.29, 0.717) is 48.3 Å². The number of hydrogen-bond donors (Lipinski definition) is 1. The molecule has 2 heterocycles. The zero-order valence-corrected chi connectivity index (χ0v) is 23.0. The number of aromatic nitrogens is 4. The molecule has 0 spiro atoms. The summed E-state index contributed by atoms with van der Waals surface area (Å²) in [6.45, 7) is 2.66. The Balaban J connectivity index is 1.11. The number of thioether (sulfide) groups is 1. The van der Waals surface area contributed by atoms with Crippen LogP contribution in [0.3, 0.4) is 0 Å². The van der Waals surface area contributed by atoms with Crippen molar-refractivity contribution in [1.29, 1.82) is 0 Å². The molecular formula is C28H29N7O4S. The van der Waals surface area contributed by atoms with Gasteiger partial charge in [-0.15, -0.1) is 5.10 Å². The standard InChI is InChI=1S/C28H29N7O4S/c1-38-23-13-11-22(12-14-23)35-28(30-31-32-35)40-19-26(36)29-20-7-9-21(10-8-20)33-15-17-34(18-16-33)27(37)24-5-3-4-6-25(24)39-2/h3-14H,15-19H2,1-2H3,(H,29,36). The van der Waals surface area contributed by atoms with Crippen LogP contribution >= 0.6 is 11.8 Å². The van der Waals surface area contributed by atoms with Gasteiger partial charge in [0, 0.05) is 37.6 Å². The number of methoxy groups -OCH3 is 2. The van der Waals surface area contributed by atoms with Gasteiger partial charge in [0.25, 0.3) is 5.91 Å². The normalized spacial score (nSPS) is 13.2. The summed E-state index contributed by atoms with van der Waals surface area (Å²) >= 11 is 1.25. The average molecular weight is 560 g/mol. The van der Waals surface area contributed by atoms with Crippen LogP contribution < -0.4 is 19.7 Å². The minimum atomic E-state index is -0.162. The lowest BCUT2D eigenvalue weighted by Gasteiger charge is -2.36. The summed E-state index contributed by atoms with van der Waals surface area (Å²) in [6.07, 6.45) is 0. The first kappa shape index (κ1) is 27.0. The van der Waals surface area contributed by atoms with E-state index >= 15 is 0 Å². The molecule has 2 amide bonds. The fraction of sp³-hybridized carbons (Fsp3) is 0.250. The number of nitrogens with zero attached hydrogens (tertiary/aromatic N) is 6. The van der Waals surface area contributed by atoms with Gasteiger partial charge in [-0.25, -0.2) is 0 Å². The predicted molar refractivity (Wildman–Crippen MR) is 153 cm³/mol. The van der Waals surface area contributed by atoms with E-state index in [1.165, 1.54) is 11.8 Å². The van der Waals surface area contributed by atoms with E-state index in [4.69, 9.17) is 9.47 Å². The molecular weight excluding hydrogens is 530 g/mol. The van der Waals surface area contributed by atoms with Crippen LogP contribution in [0.4, 0.5) is 11.4 Å². The summed E-state index contributed by atoms with van der Waals surface area (Å²) in [5, 5.41) is 15.2. The number of carbonyl (C=O) groups is 2. The predicted octanol–water partition coefficient (Wildman–Crippen LogP) is 3.37. The quantitative estimate of drug-likeness (QED) is 0.308. The maximum absolute atomic E-state index is 13.0. The van der Waals surface area contributed by atoms with Crippen molar-refractivity contribution >= 4 is 35.0 Å². The lowest BCUT2D eigenvalue weighted by atomic mass is 10.1. The number of amides is 2. The van der Waals surface area contributed by atoms with Gasteiger partial charge in [-0.2, -0.15) is 4.68 Å². The van der Waals surface area contributed by atoms with Gasteiger partial charge in [0.15, 0.2) is 0 Å². The molecule has 3 aromatic carbocycles. The molecule has 40 heavy (non-hydrogen) atoms. The summed E-state index contributed by atoms with van der Waals surface area (Å²) in [7, 11) is 3.18. The molecule has 0 atom stereocenters. The van der Waals surface area contributed by atoms with E-state index < -0.39 is 0 Å². The van der Waals surface area contributed by atoms with Crippen molar-refractivity contribution in [1.82, 2.24) is 25.1 Å². The van der Waals surface area contributed by atoms with Crippen molar-refractivity contribution in [3.05, 3.63) is 78.4 Å². The topological polar surface area (TPSA) is 115 Å². The number of ether oxygens (including phenoxy) is 2. The van der Waals surface area contributed by atoms with Crippen LogP contribution in [0.5, 0.6) is 11.5 Å². The van der Waals surface area contributed by atoms with Crippen molar-refractivity contribution < 1.29 is 19.1 Å². The molecule has 5 rings (SSSR count). The third kappa shape index (κ3) is 6.18. The molecule has 0 radical (unpaired) electrons. The van der Waals surface area contributed by atoms with Gasteiger partial charge < -0.3 is 24.6 Å². The largest absolute Gasteiger partial charge is 0.497 e. The van der Waals surface area contributed by atoms with Gasteiger partial charge >= 0.3 is 0 Å². The van der Waals surface area contributed by atoms with Crippen molar-refractivity contribution in [3.8, 4) is 17.2 Å². The van der Waals surface area contributed by atoms with E-state index in [2.05, 4.69) is 25.7 Å². The zero-order valence-electron chi connectivity index (χ0n) is 22.2. The number of tetrazole rings is 1. The van der Waals surface area contributed by atoms with E-state index in [9.17, 15) is 9.59 Å². The van der Waals surface area contributed by atoms with Crippen LogP contribution in [0, 0.1) is 0 Å². The first-order chi connectivity index (χ1) is 19.6. The van der Waals surface area contributed by atoms with Gasteiger partial charge in [-0.1, -0.05) is 23.9 Å². The van der Waals surface area contributed by atoms with Crippen molar-refractivity contribution in [2.45, 2.75) is 5.16 Å². The monoisotopic (exact) mass is 559 g/mol. The smallest absolute Gasteiger partial charge is 0.257 e. The Hall–Kier alpha value is -4.58. The molecule has 0 bridgehead atoms. The molecule has 4 aromatic rings. The molecule has 0 unspecified atom stereocenters. The van der Waals surface area contributed by atoms with Crippen molar-refractivity contribution in [2.75, 3.05) is 56.4 Å². The third-order valence-corrected chi connectivity index (χ3v) is 7.43. The number of anilines is 2. The molecule has 0 saturated carbocycles. The Morgan fingerprint density at radius 1 is 0.875 bits per heavy atom. The first-order valence-electron chi connectivity index (χ1n) is 12.7. The fourth-order valence-electron chi connectivity index (χ4n) is 4.40. The lowest BCUT2D eigenvalue weighted by molar-refractivity contribution is -0.113. The Morgan fingerprint density at radius 2 is 1.57 bits per heavy atom. The Labute approximate surface area is 236 Å². The summed E-state index contributed by atoms with van der Waals surface area (Å²) in [4.78, 5) is 29.7. The maximum atomic E-state index is 13.0. The lowest BCUT2D eigenvalue weighted by Crippen LogP contribution is -2.48. The molecule has 1 fully saturated rings. The van der Waals surface area contributed by atoms with Crippen LogP contribution in [0.2, 0.25) is 0 Å². The SMILES string of the molecule is COc1ccc(-n2nnnc2SCC(=O)Nc2ccc(N3CCN(C(=O)c4ccccc4OC)CC3)cc2)cc1. The molecule has 0 aliphatic carbocycles. The molecule has 1 aliphatic heterocycles. The van der Waals surface area contributed by atoms with Crippen LogP contribution in [0.15, 0.2) is 78.0 Å². The number of hydrogen-bond acceptors (Lipinski definition) is 9. The highest BCUT2D eigenvalue weighted by molar-refractivity contribution is 7.99. The summed E-state index contributed by atoms with van der Waals surface area (Å²) in [5.74, 6) is 1.29. The Morgan fingerprint density at radius 3 is 2.27 bits per heavy atom. The molecule has 1 aromatic heterocycles. The minimum absolute atomic E-state index is 0.0222.